The molecule has 0 saturated carbocycles. The van der Waals surface area contributed by atoms with Crippen molar-refractivity contribution in [2.24, 2.45) is 5.41 Å². The summed E-state index contributed by atoms with van der Waals surface area (Å²) in [6.45, 7) is 8.49. The first-order chi connectivity index (χ1) is 6.56. The fourth-order valence-electron chi connectivity index (χ4n) is 2.68. The Balaban J connectivity index is 1.89. The topological polar surface area (TPSA) is 3.24 Å². The molecule has 0 aromatic heterocycles. The summed E-state index contributed by atoms with van der Waals surface area (Å²) in [5, 5.41) is 0. The van der Waals surface area contributed by atoms with E-state index in [-0.39, 0.29) is 0 Å². The minimum atomic E-state index is 0.504. The quantitative estimate of drug-likeness (QED) is 0.694. The normalized spacial score (nSPS) is 30.6. The zero-order valence-corrected chi connectivity index (χ0v) is 10.6. The molecule has 1 unspecified atom stereocenters. The number of likely N-dealkylation sites (tertiary alicyclic amines) is 1. The van der Waals surface area contributed by atoms with E-state index in [1.807, 2.05) is 0 Å². The van der Waals surface area contributed by atoms with E-state index in [2.05, 4.69) is 37.4 Å². The molecular weight excluding hydrogens is 190 g/mol. The Morgan fingerprint density at radius 3 is 2.50 bits per heavy atom. The molecule has 2 aliphatic rings. The van der Waals surface area contributed by atoms with E-state index in [0.717, 1.165) is 12.1 Å². The molecule has 0 spiro atoms. The molecule has 14 heavy (non-hydrogen) atoms. The maximum Gasteiger partial charge on any atom is 0.0279 e. The van der Waals surface area contributed by atoms with Crippen molar-refractivity contribution in [3.8, 4) is 0 Å². The van der Waals surface area contributed by atoms with Gasteiger partial charge in [-0.25, -0.2) is 0 Å². The van der Waals surface area contributed by atoms with Gasteiger partial charge in [-0.3, -0.25) is 4.90 Å². The van der Waals surface area contributed by atoms with Gasteiger partial charge in [-0.2, -0.15) is 11.8 Å². The average Bonchev–Trinajstić information content (AvgIpc) is 2.30. The first-order valence-corrected chi connectivity index (χ1v) is 7.05. The number of hydrogen-bond donors (Lipinski definition) is 0. The number of rotatable bonds is 2. The lowest BCUT2D eigenvalue weighted by molar-refractivity contribution is 0.157. The average molecular weight is 213 g/mol. The standard InChI is InChI=1S/C12H23NS/c1-12(2,3)7-10-5-4-6-13(10)11-8-14-9-11/h10-11H,4-9H2,1-3H3. The highest BCUT2D eigenvalue weighted by atomic mass is 32.2. The van der Waals surface area contributed by atoms with Crippen molar-refractivity contribution in [3.63, 3.8) is 0 Å². The minimum Gasteiger partial charge on any atom is -0.296 e. The van der Waals surface area contributed by atoms with E-state index < -0.39 is 0 Å². The maximum absolute atomic E-state index is 2.79. The third kappa shape index (κ3) is 2.46. The Morgan fingerprint density at radius 1 is 1.29 bits per heavy atom. The van der Waals surface area contributed by atoms with Gasteiger partial charge in [0.15, 0.2) is 0 Å². The van der Waals surface area contributed by atoms with Crippen LogP contribution >= 0.6 is 11.8 Å². The molecule has 2 saturated heterocycles. The van der Waals surface area contributed by atoms with Crippen LogP contribution in [0.25, 0.3) is 0 Å². The van der Waals surface area contributed by atoms with Gasteiger partial charge in [-0.15, -0.1) is 0 Å². The molecule has 0 aliphatic carbocycles. The van der Waals surface area contributed by atoms with E-state index in [1.54, 1.807) is 0 Å². The summed E-state index contributed by atoms with van der Waals surface area (Å²) >= 11 is 2.11. The maximum atomic E-state index is 2.79. The van der Waals surface area contributed by atoms with Crippen molar-refractivity contribution in [1.29, 1.82) is 0 Å². The predicted molar refractivity (Wildman–Crippen MR) is 64.9 cm³/mol. The summed E-state index contributed by atoms with van der Waals surface area (Å²) in [5.41, 5.74) is 0.504. The molecule has 0 amide bonds. The molecule has 2 rings (SSSR count). The Bertz CT molecular complexity index is 193. The highest BCUT2D eigenvalue weighted by Crippen LogP contribution is 2.35. The van der Waals surface area contributed by atoms with Crippen LogP contribution < -0.4 is 0 Å². The van der Waals surface area contributed by atoms with E-state index in [1.165, 1.54) is 37.3 Å². The third-order valence-corrected chi connectivity index (χ3v) is 4.60. The molecule has 82 valence electrons. The minimum absolute atomic E-state index is 0.504. The van der Waals surface area contributed by atoms with E-state index in [4.69, 9.17) is 0 Å². The Morgan fingerprint density at radius 2 is 2.00 bits per heavy atom. The van der Waals surface area contributed by atoms with Crippen LogP contribution in [0.1, 0.15) is 40.0 Å². The fraction of sp³-hybridized carbons (Fsp3) is 1.00. The van der Waals surface area contributed by atoms with Gasteiger partial charge in [0.25, 0.3) is 0 Å². The lowest BCUT2D eigenvalue weighted by Gasteiger charge is -2.40. The van der Waals surface area contributed by atoms with Gasteiger partial charge in [0, 0.05) is 23.6 Å². The molecule has 1 atom stereocenters. The second-order valence-electron chi connectivity index (χ2n) is 5.99. The van der Waals surface area contributed by atoms with Gasteiger partial charge in [0.05, 0.1) is 0 Å². The molecule has 0 aromatic rings. The fourth-order valence-corrected chi connectivity index (χ4v) is 3.51. The van der Waals surface area contributed by atoms with Gasteiger partial charge in [0.1, 0.15) is 0 Å². The van der Waals surface area contributed by atoms with Crippen molar-refractivity contribution in [2.45, 2.75) is 52.1 Å². The molecule has 0 radical (unpaired) electrons. The smallest absolute Gasteiger partial charge is 0.0279 e. The highest BCUT2D eigenvalue weighted by Gasteiger charge is 2.35. The van der Waals surface area contributed by atoms with Crippen LogP contribution in [0.3, 0.4) is 0 Å². The van der Waals surface area contributed by atoms with Crippen molar-refractivity contribution in [2.75, 3.05) is 18.1 Å². The summed E-state index contributed by atoms with van der Waals surface area (Å²) in [5.74, 6) is 2.78. The SMILES string of the molecule is CC(C)(C)CC1CCCN1C1CSC1. The monoisotopic (exact) mass is 213 g/mol. The molecule has 0 bridgehead atoms. The van der Waals surface area contributed by atoms with Crippen molar-refractivity contribution < 1.29 is 0 Å². The second-order valence-corrected chi connectivity index (χ2v) is 7.06. The number of thioether (sulfide) groups is 1. The van der Waals surface area contributed by atoms with Crippen molar-refractivity contribution in [3.05, 3.63) is 0 Å². The molecule has 1 nitrogen and oxygen atoms in total. The van der Waals surface area contributed by atoms with Crippen molar-refractivity contribution >= 4 is 11.8 Å². The zero-order valence-electron chi connectivity index (χ0n) is 9.75. The van der Waals surface area contributed by atoms with Crippen molar-refractivity contribution in [1.82, 2.24) is 4.90 Å². The third-order valence-electron chi connectivity index (χ3n) is 3.36. The number of nitrogens with zero attached hydrogens (tertiary/aromatic N) is 1. The predicted octanol–water partition coefficient (Wildman–Crippen LogP) is 3.00. The lowest BCUT2D eigenvalue weighted by atomic mass is 9.87. The Hall–Kier alpha value is 0.310. The molecule has 0 aromatic carbocycles. The molecular formula is C12H23NS. The first kappa shape index (κ1) is 10.8. The second kappa shape index (κ2) is 4.05. The van der Waals surface area contributed by atoms with Gasteiger partial charge in [-0.05, 0) is 31.2 Å². The van der Waals surface area contributed by atoms with Gasteiger partial charge >= 0.3 is 0 Å². The van der Waals surface area contributed by atoms with Gasteiger partial charge < -0.3 is 0 Å². The highest BCUT2D eigenvalue weighted by molar-refractivity contribution is 8.00. The molecule has 2 aliphatic heterocycles. The molecule has 2 heteroatoms. The zero-order chi connectivity index (χ0) is 10.2. The summed E-state index contributed by atoms with van der Waals surface area (Å²) in [4.78, 5) is 2.79. The van der Waals surface area contributed by atoms with E-state index in [9.17, 15) is 0 Å². The van der Waals surface area contributed by atoms with Crippen LogP contribution in [0, 0.1) is 5.41 Å². The Kier molecular flexibility index (Phi) is 3.13. The van der Waals surface area contributed by atoms with Gasteiger partial charge in [-0.1, -0.05) is 20.8 Å². The van der Waals surface area contributed by atoms with Crippen LogP contribution in [-0.4, -0.2) is 35.0 Å². The molecule has 0 N–H and O–H groups in total. The van der Waals surface area contributed by atoms with E-state index in [0.29, 0.717) is 5.41 Å². The molecule has 2 fully saturated rings. The van der Waals surface area contributed by atoms with Crippen LogP contribution in [0.15, 0.2) is 0 Å². The largest absolute Gasteiger partial charge is 0.296 e. The van der Waals surface area contributed by atoms with Crippen LogP contribution in [0.2, 0.25) is 0 Å². The lowest BCUT2D eigenvalue weighted by Crippen LogP contribution is -2.47. The first-order valence-electron chi connectivity index (χ1n) is 5.90. The van der Waals surface area contributed by atoms with Gasteiger partial charge in [0.2, 0.25) is 0 Å². The van der Waals surface area contributed by atoms with E-state index >= 15 is 0 Å². The Labute approximate surface area is 92.6 Å². The van der Waals surface area contributed by atoms with Crippen LogP contribution in [0.4, 0.5) is 0 Å². The summed E-state index contributed by atoms with van der Waals surface area (Å²) in [6.07, 6.45) is 4.26. The summed E-state index contributed by atoms with van der Waals surface area (Å²) < 4.78 is 0. The summed E-state index contributed by atoms with van der Waals surface area (Å²) in [7, 11) is 0. The molecule has 2 heterocycles. The summed E-state index contributed by atoms with van der Waals surface area (Å²) in [6, 6.07) is 1.82. The number of hydrogen-bond acceptors (Lipinski definition) is 2. The van der Waals surface area contributed by atoms with Crippen LogP contribution in [-0.2, 0) is 0 Å². The van der Waals surface area contributed by atoms with Crippen LogP contribution in [0.5, 0.6) is 0 Å².